The van der Waals surface area contributed by atoms with Crippen molar-refractivity contribution in [3.63, 3.8) is 0 Å². The van der Waals surface area contributed by atoms with Crippen LogP contribution in [0.15, 0.2) is 85.2 Å². The maximum Gasteiger partial charge on any atom is 0.270 e. The Morgan fingerprint density at radius 2 is 1.63 bits per heavy atom. The second-order valence-electron chi connectivity index (χ2n) is 22.7. The lowest BCUT2D eigenvalue weighted by Gasteiger charge is -2.37. The zero-order valence-corrected chi connectivity index (χ0v) is 46.6. The number of rotatable bonds is 14. The van der Waals surface area contributed by atoms with Crippen molar-refractivity contribution in [1.82, 2.24) is 64.4 Å². The van der Waals surface area contributed by atoms with Gasteiger partial charge in [0, 0.05) is 151 Å². The molecule has 2 atom stereocenters. The molecule has 426 valence electrons. The number of amides is 6. The van der Waals surface area contributed by atoms with Gasteiger partial charge in [0.25, 0.3) is 17.7 Å². The van der Waals surface area contributed by atoms with Gasteiger partial charge < -0.3 is 40.1 Å². The van der Waals surface area contributed by atoms with Gasteiger partial charge in [0.1, 0.15) is 29.4 Å². The topological polar surface area (TPSA) is 231 Å². The second kappa shape index (κ2) is 23.5. The summed E-state index contributed by atoms with van der Waals surface area (Å²) in [5.74, 6) is 6.14. The van der Waals surface area contributed by atoms with E-state index in [0.717, 1.165) is 142 Å². The van der Waals surface area contributed by atoms with E-state index in [1.165, 1.54) is 0 Å². The molecule has 1 saturated carbocycles. The SMILES string of the molecule is CN(C)C(=O)c1cc2cnc(NC3C=CC(N4CCN(CCC#Cc5ccc(N6CCC(C(=O)N7CCC(n8cc(CNc9cccc%10c9C(=O)N(C9CCC(=O)NC9=O)C%10=O)cn8)CC7)CC6)nc5)CC4)=CN3)nc2n1C1CCCC1. The quantitative estimate of drug-likeness (QED) is 0.0870. The normalized spacial score (nSPS) is 21.1. The molecule has 0 spiro atoms. The van der Waals surface area contributed by atoms with Crippen LogP contribution < -0.4 is 26.2 Å². The molecule has 22 nitrogen and oxygen atoms in total. The number of dihydropyridines is 1. The number of hydrogen-bond donors (Lipinski definition) is 4. The molecule has 82 heavy (non-hydrogen) atoms. The third kappa shape index (κ3) is 11.3. The Bertz CT molecular complexity index is 3400. The molecule has 4 N–H and O–H groups in total. The number of imide groups is 2. The molecule has 12 rings (SSSR count). The van der Waals surface area contributed by atoms with Crippen molar-refractivity contribution in [3.05, 3.63) is 113 Å². The van der Waals surface area contributed by atoms with Gasteiger partial charge in [-0.15, -0.1) is 0 Å². The number of piperidine rings is 3. The number of piperazine rings is 1. The van der Waals surface area contributed by atoms with Crippen molar-refractivity contribution in [1.29, 1.82) is 0 Å². The summed E-state index contributed by atoms with van der Waals surface area (Å²) in [5, 5.41) is 18.0. The molecule has 6 aliphatic heterocycles. The van der Waals surface area contributed by atoms with Gasteiger partial charge in [-0.1, -0.05) is 30.7 Å². The highest BCUT2D eigenvalue weighted by Crippen LogP contribution is 2.36. The summed E-state index contributed by atoms with van der Waals surface area (Å²) in [6.07, 6.45) is 22.1. The molecule has 1 aromatic carbocycles. The Morgan fingerprint density at radius 3 is 2.37 bits per heavy atom. The molecule has 4 aromatic heterocycles. The van der Waals surface area contributed by atoms with Gasteiger partial charge in [0.05, 0.1) is 29.1 Å². The number of nitrogens with one attached hydrogen (secondary N) is 4. The average molecular weight is 1110 g/mol. The zero-order chi connectivity index (χ0) is 56.4. The molecule has 2 unspecified atom stereocenters. The molecule has 4 saturated heterocycles. The summed E-state index contributed by atoms with van der Waals surface area (Å²) in [7, 11) is 3.57. The van der Waals surface area contributed by atoms with Gasteiger partial charge in [0.2, 0.25) is 23.7 Å². The van der Waals surface area contributed by atoms with Gasteiger partial charge in [-0.2, -0.15) is 10.1 Å². The number of anilines is 3. The van der Waals surface area contributed by atoms with Crippen LogP contribution in [-0.2, 0) is 20.9 Å². The van der Waals surface area contributed by atoms with E-state index in [-0.39, 0.29) is 60.0 Å². The highest BCUT2D eigenvalue weighted by Gasteiger charge is 2.46. The number of carbonyl (C=O) groups is 6. The van der Waals surface area contributed by atoms with Gasteiger partial charge in [-0.25, -0.2) is 9.97 Å². The van der Waals surface area contributed by atoms with Crippen LogP contribution in [0.3, 0.4) is 0 Å². The molecule has 5 fully saturated rings. The molecule has 6 amide bonds. The summed E-state index contributed by atoms with van der Waals surface area (Å²) >= 11 is 0. The van der Waals surface area contributed by atoms with Gasteiger partial charge in [0.15, 0.2) is 0 Å². The summed E-state index contributed by atoms with van der Waals surface area (Å²) < 4.78 is 4.10. The lowest BCUT2D eigenvalue weighted by atomic mass is 9.93. The van der Waals surface area contributed by atoms with Crippen LogP contribution in [0.2, 0.25) is 0 Å². The van der Waals surface area contributed by atoms with Crippen LogP contribution in [0.5, 0.6) is 0 Å². The predicted octanol–water partition coefficient (Wildman–Crippen LogP) is 4.73. The van der Waals surface area contributed by atoms with Crippen LogP contribution in [0.1, 0.15) is 125 Å². The van der Waals surface area contributed by atoms with Crippen molar-refractivity contribution in [2.45, 2.75) is 101 Å². The van der Waals surface area contributed by atoms with Crippen molar-refractivity contribution in [2.24, 2.45) is 5.92 Å². The Labute approximate surface area is 476 Å². The second-order valence-corrected chi connectivity index (χ2v) is 22.7. The molecule has 0 radical (unpaired) electrons. The van der Waals surface area contributed by atoms with Crippen molar-refractivity contribution < 1.29 is 28.8 Å². The Balaban J connectivity index is 0.541. The van der Waals surface area contributed by atoms with E-state index in [9.17, 15) is 28.8 Å². The van der Waals surface area contributed by atoms with E-state index in [1.807, 2.05) is 46.4 Å². The van der Waals surface area contributed by atoms with Gasteiger partial charge in [-0.3, -0.25) is 48.6 Å². The molecule has 7 aliphatic rings. The third-order valence-electron chi connectivity index (χ3n) is 17.2. The fraction of sp³-hybridized carbons (Fsp3) is 0.467. The number of aromatic nitrogens is 6. The van der Waals surface area contributed by atoms with Crippen molar-refractivity contribution in [3.8, 4) is 11.8 Å². The monoisotopic (exact) mass is 1110 g/mol. The number of fused-ring (bicyclic) bond motifs is 2. The predicted molar refractivity (Wildman–Crippen MR) is 307 cm³/mol. The van der Waals surface area contributed by atoms with E-state index < -0.39 is 29.7 Å². The largest absolute Gasteiger partial charge is 0.380 e. The number of nitrogens with zero attached hydrogens (tertiary/aromatic N) is 12. The summed E-state index contributed by atoms with van der Waals surface area (Å²) in [6, 6.07) is 10.4. The first-order chi connectivity index (χ1) is 39.9. The lowest BCUT2D eigenvalue weighted by molar-refractivity contribution is -0.138. The van der Waals surface area contributed by atoms with Crippen LogP contribution in [0, 0.1) is 17.8 Å². The lowest BCUT2D eigenvalue weighted by Crippen LogP contribution is -2.54. The Hall–Kier alpha value is -8.58. The summed E-state index contributed by atoms with van der Waals surface area (Å²) in [6.45, 7) is 7.92. The first-order valence-corrected chi connectivity index (χ1v) is 29.0. The molecule has 22 heteroatoms. The molecule has 5 aromatic rings. The minimum atomic E-state index is -1.03. The Morgan fingerprint density at radius 1 is 0.829 bits per heavy atom. The number of pyridine rings is 1. The maximum atomic E-state index is 13.8. The fourth-order valence-electron chi connectivity index (χ4n) is 12.7. The number of hydrogen-bond acceptors (Lipinski definition) is 16. The zero-order valence-electron chi connectivity index (χ0n) is 46.6. The van der Waals surface area contributed by atoms with E-state index in [0.29, 0.717) is 37.0 Å². The number of benzene rings is 1. The summed E-state index contributed by atoms with van der Waals surface area (Å²) in [5.41, 5.74) is 5.33. The van der Waals surface area contributed by atoms with Crippen LogP contribution >= 0.6 is 0 Å². The van der Waals surface area contributed by atoms with Crippen molar-refractivity contribution >= 4 is 63.9 Å². The van der Waals surface area contributed by atoms with E-state index in [1.54, 1.807) is 43.4 Å². The van der Waals surface area contributed by atoms with Crippen LogP contribution in [-0.4, -0.2) is 174 Å². The number of allylic oxidation sites excluding steroid dienone is 1. The first-order valence-electron chi connectivity index (χ1n) is 29.0. The molecular weight excluding hydrogens is 1040 g/mol. The molecule has 10 heterocycles. The van der Waals surface area contributed by atoms with Crippen LogP contribution in [0.4, 0.5) is 17.5 Å². The first kappa shape index (κ1) is 54.0. The van der Waals surface area contributed by atoms with Gasteiger partial charge in [-0.05, 0) is 87.4 Å². The fourth-order valence-corrected chi connectivity index (χ4v) is 12.7. The van der Waals surface area contributed by atoms with E-state index in [2.05, 4.69) is 80.8 Å². The molecule has 0 bridgehead atoms. The number of likely N-dealkylation sites (tertiary alicyclic amines) is 1. The molecular formula is C60H70N16O6. The van der Waals surface area contributed by atoms with E-state index >= 15 is 0 Å². The third-order valence-corrected chi connectivity index (χ3v) is 17.2. The number of carbonyl (C=O) groups excluding carboxylic acids is 6. The standard InChI is InChI=1S/C60H70N16O6/c1-69(2)58(81)49-32-42-36-64-60(68-54(42)75(49)44-9-3-4-10-44)66-50-16-14-45(37-62-50)71-30-28-70(29-31-71)23-6-5-8-39-13-17-51(63-33-39)72-24-19-41(20-25-72)56(79)73-26-21-43(22-27-73)74-38-40(35-65-74)34-61-47-12-7-11-46-53(47)59(82)76(57(46)80)48-15-18-52(77)67-55(48)78/h7,11-14,16-17,32-33,35-38,41,43-44,48,50,61-62H,3-4,6,9-10,15,18-31,34H2,1-2H3,(H,64,66,68)(H,67,77,78). The Kier molecular flexibility index (Phi) is 15.5. The average Bonchev–Trinajstić information content (AvgIpc) is 4.53. The summed E-state index contributed by atoms with van der Waals surface area (Å²) in [4.78, 5) is 104. The van der Waals surface area contributed by atoms with Crippen molar-refractivity contribution in [2.75, 3.05) is 88.5 Å². The highest BCUT2D eigenvalue weighted by atomic mass is 16.2. The van der Waals surface area contributed by atoms with Crippen LogP contribution in [0.25, 0.3) is 11.0 Å². The maximum absolute atomic E-state index is 13.8. The highest BCUT2D eigenvalue weighted by molar-refractivity contribution is 6.25. The van der Waals surface area contributed by atoms with Gasteiger partial charge >= 0.3 is 0 Å². The smallest absolute Gasteiger partial charge is 0.270 e. The minimum absolute atomic E-state index is 0.0165. The van der Waals surface area contributed by atoms with E-state index in [4.69, 9.17) is 9.97 Å². The minimum Gasteiger partial charge on any atom is -0.380 e. The molecule has 1 aliphatic carbocycles.